The largest absolute Gasteiger partial charge is 0.494 e. The van der Waals surface area contributed by atoms with E-state index >= 15 is 0 Å². The first-order valence-electron chi connectivity index (χ1n) is 14.6. The van der Waals surface area contributed by atoms with Gasteiger partial charge in [0.1, 0.15) is 10.8 Å². The number of anilines is 5. The zero-order chi connectivity index (χ0) is 28.9. The summed E-state index contributed by atoms with van der Waals surface area (Å²) in [5.74, 6) is 1.78. The predicted octanol–water partition coefficient (Wildman–Crippen LogP) is 5.99. The molecule has 8 nitrogen and oxygen atoms in total. The highest BCUT2D eigenvalue weighted by atomic mass is 35.5. The van der Waals surface area contributed by atoms with Crippen LogP contribution in [0.15, 0.2) is 48.7 Å². The molecule has 0 aliphatic carbocycles. The van der Waals surface area contributed by atoms with Gasteiger partial charge in [-0.15, -0.1) is 0 Å². The van der Waals surface area contributed by atoms with Crippen LogP contribution in [-0.2, 0) is 0 Å². The second-order valence-electron chi connectivity index (χ2n) is 11.3. The van der Waals surface area contributed by atoms with Crippen LogP contribution < -0.4 is 25.6 Å². The molecule has 5 rings (SSSR count). The van der Waals surface area contributed by atoms with Crippen molar-refractivity contribution in [3.63, 3.8) is 0 Å². The number of piperidine rings is 1. The lowest BCUT2D eigenvalue weighted by atomic mass is 10.0. The summed E-state index contributed by atoms with van der Waals surface area (Å²) in [6.07, 6.45) is 4.01. The molecule has 2 aromatic carbocycles. The molecule has 2 fully saturated rings. The topological polar surface area (TPSA) is 68.8 Å². The van der Waals surface area contributed by atoms with E-state index in [1.807, 2.05) is 12.1 Å². The van der Waals surface area contributed by atoms with Crippen LogP contribution in [0.25, 0.3) is 0 Å². The number of ether oxygens (including phenoxy) is 1. The van der Waals surface area contributed by atoms with Crippen molar-refractivity contribution < 1.29 is 4.74 Å². The Labute approximate surface area is 251 Å². The zero-order valence-electron chi connectivity index (χ0n) is 24.9. The number of piperazine rings is 1. The van der Waals surface area contributed by atoms with Crippen LogP contribution in [0.2, 0.25) is 5.02 Å². The fraction of sp³-hybridized carbons (Fsp3) is 0.484. The number of benzene rings is 2. The fourth-order valence-corrected chi connectivity index (χ4v) is 6.96. The van der Waals surface area contributed by atoms with Gasteiger partial charge in [-0.05, 0) is 63.5 Å². The van der Waals surface area contributed by atoms with Crippen LogP contribution in [0.3, 0.4) is 0 Å². The molecule has 10 heteroatoms. The van der Waals surface area contributed by atoms with E-state index in [0.717, 1.165) is 30.2 Å². The van der Waals surface area contributed by atoms with Crippen LogP contribution >= 0.6 is 19.5 Å². The van der Waals surface area contributed by atoms with Crippen molar-refractivity contribution in [3.8, 4) is 5.75 Å². The van der Waals surface area contributed by atoms with Crippen molar-refractivity contribution in [1.29, 1.82) is 0 Å². The fourth-order valence-electron chi connectivity index (χ4n) is 5.82. The molecule has 0 saturated carbocycles. The van der Waals surface area contributed by atoms with Gasteiger partial charge in [0.15, 0.2) is 5.82 Å². The number of hydrogen-bond donors (Lipinski definition) is 2. The minimum atomic E-state index is -0.285. The van der Waals surface area contributed by atoms with Crippen molar-refractivity contribution in [2.24, 2.45) is 0 Å². The van der Waals surface area contributed by atoms with Crippen LogP contribution in [-0.4, -0.2) is 91.6 Å². The molecule has 0 spiro atoms. The molecule has 1 aromatic heterocycles. The molecular weight excluding hydrogens is 553 g/mol. The van der Waals surface area contributed by atoms with Gasteiger partial charge in [0.2, 0.25) is 5.95 Å². The first-order valence-corrected chi connectivity index (χ1v) is 17.2. The lowest BCUT2D eigenvalue weighted by Crippen LogP contribution is -2.54. The zero-order valence-corrected chi connectivity index (χ0v) is 26.6. The molecule has 0 atom stereocenters. The number of methoxy groups -OCH3 is 1. The monoisotopic (exact) mass is 595 g/mol. The summed E-state index contributed by atoms with van der Waals surface area (Å²) < 4.78 is 5.79. The summed E-state index contributed by atoms with van der Waals surface area (Å²) in [5.41, 5.74) is 3.01. The molecule has 2 saturated heterocycles. The van der Waals surface area contributed by atoms with Crippen molar-refractivity contribution in [1.82, 2.24) is 19.8 Å². The highest BCUT2D eigenvalue weighted by Gasteiger charge is 2.28. The first kappa shape index (κ1) is 29.8. The summed E-state index contributed by atoms with van der Waals surface area (Å²) in [7, 11) is 1.42. The van der Waals surface area contributed by atoms with Gasteiger partial charge >= 0.3 is 0 Å². The summed E-state index contributed by atoms with van der Waals surface area (Å²) in [5, 5.41) is 8.48. The summed E-state index contributed by atoms with van der Waals surface area (Å²) in [6, 6.07) is 15.9. The second-order valence-corrected chi connectivity index (χ2v) is 14.0. The normalized spacial score (nSPS) is 17.3. The quantitative estimate of drug-likeness (QED) is 0.293. The van der Waals surface area contributed by atoms with Gasteiger partial charge < -0.3 is 20.3 Å². The van der Waals surface area contributed by atoms with Gasteiger partial charge in [-0.3, -0.25) is 9.80 Å². The van der Waals surface area contributed by atoms with Crippen LogP contribution in [0.1, 0.15) is 26.7 Å². The Kier molecular flexibility index (Phi) is 9.87. The van der Waals surface area contributed by atoms with Crippen molar-refractivity contribution in [3.05, 3.63) is 53.7 Å². The van der Waals surface area contributed by atoms with Crippen LogP contribution in [0.4, 0.5) is 28.8 Å². The number of para-hydroxylation sites is 1. The second kappa shape index (κ2) is 13.6. The third-order valence-corrected chi connectivity index (χ3v) is 9.87. The Bertz CT molecular complexity index is 1310. The van der Waals surface area contributed by atoms with E-state index in [9.17, 15) is 0 Å². The molecule has 3 heterocycles. The molecule has 2 N–H and O–H groups in total. The van der Waals surface area contributed by atoms with Crippen molar-refractivity contribution >= 4 is 53.7 Å². The Morgan fingerprint density at radius 2 is 1.68 bits per heavy atom. The molecule has 0 bridgehead atoms. The molecule has 220 valence electrons. The molecule has 41 heavy (non-hydrogen) atoms. The van der Waals surface area contributed by atoms with E-state index in [4.69, 9.17) is 16.3 Å². The summed E-state index contributed by atoms with van der Waals surface area (Å²) in [6.45, 7) is 15.9. The van der Waals surface area contributed by atoms with Crippen LogP contribution in [0.5, 0.6) is 5.75 Å². The smallest absolute Gasteiger partial charge is 0.229 e. The number of rotatable bonds is 9. The molecular formula is C31H43ClN7OP. The number of hydrogen-bond acceptors (Lipinski definition) is 8. The predicted molar refractivity (Wildman–Crippen MR) is 175 cm³/mol. The van der Waals surface area contributed by atoms with Gasteiger partial charge in [-0.1, -0.05) is 37.7 Å². The van der Waals surface area contributed by atoms with Crippen molar-refractivity contribution in [2.75, 3.05) is 75.2 Å². The van der Waals surface area contributed by atoms with E-state index in [1.54, 1.807) is 13.3 Å². The molecule has 2 aliphatic rings. The minimum Gasteiger partial charge on any atom is -0.494 e. The molecule has 3 aromatic rings. The van der Waals surface area contributed by atoms with Gasteiger partial charge in [-0.2, -0.15) is 4.98 Å². The van der Waals surface area contributed by atoms with E-state index in [1.165, 1.54) is 50.0 Å². The van der Waals surface area contributed by atoms with Crippen molar-refractivity contribution in [2.45, 2.75) is 38.8 Å². The lowest BCUT2D eigenvalue weighted by Gasteiger charge is -2.44. The lowest BCUT2D eigenvalue weighted by molar-refractivity contribution is 0.0692. The summed E-state index contributed by atoms with van der Waals surface area (Å²) >= 11 is 6.48. The number of nitrogens with one attached hydrogen (secondary N) is 2. The minimum absolute atomic E-state index is 0.285. The maximum absolute atomic E-state index is 6.48. The molecule has 0 unspecified atom stereocenters. The highest BCUT2D eigenvalue weighted by Crippen LogP contribution is 2.35. The molecule has 0 radical (unpaired) electrons. The molecule has 2 aliphatic heterocycles. The maximum Gasteiger partial charge on any atom is 0.229 e. The highest BCUT2D eigenvalue weighted by molar-refractivity contribution is 7.64. The Balaban J connectivity index is 1.23. The average molecular weight is 596 g/mol. The summed E-state index contributed by atoms with van der Waals surface area (Å²) in [4.78, 5) is 16.9. The number of nitrogens with zero attached hydrogens (tertiary/aromatic N) is 5. The SMILES string of the molecule is COc1cc(N2CCC(N3CCN(C(C)C)CC3)CC2)ccc1Nc1ncc(Cl)c(Nc2ccccc2P(C)C)n1. The maximum atomic E-state index is 6.48. The van der Waals surface area contributed by atoms with Gasteiger partial charge in [0.05, 0.1) is 19.0 Å². The Morgan fingerprint density at radius 3 is 2.37 bits per heavy atom. The van der Waals surface area contributed by atoms with E-state index in [0.29, 0.717) is 28.9 Å². The van der Waals surface area contributed by atoms with Gasteiger partial charge in [0.25, 0.3) is 0 Å². The van der Waals surface area contributed by atoms with Gasteiger partial charge in [0, 0.05) is 68.8 Å². The van der Waals surface area contributed by atoms with Crippen LogP contribution in [0, 0.1) is 0 Å². The Hall–Kier alpha value is -2.64. The third-order valence-electron chi connectivity index (χ3n) is 8.24. The van der Waals surface area contributed by atoms with E-state index < -0.39 is 0 Å². The number of aromatic nitrogens is 2. The standard InChI is InChI=1S/C31H43ClN7OP/c1-22(2)37-16-18-39(19-17-37)23-12-14-38(15-13-23)24-10-11-26(28(20-24)40-3)35-31-33-21-25(32)30(36-31)34-27-8-6-7-9-29(27)41(4)5/h6-11,20-23H,12-19H2,1-5H3,(H2,33,34,35,36). The first-order chi connectivity index (χ1) is 19.8. The van der Waals surface area contributed by atoms with E-state index in [2.05, 4.69) is 92.8 Å². The van der Waals surface area contributed by atoms with Gasteiger partial charge in [-0.25, -0.2) is 4.98 Å². The third kappa shape index (κ3) is 7.23. The molecule has 0 amide bonds. The van der Waals surface area contributed by atoms with E-state index in [-0.39, 0.29) is 7.92 Å². The average Bonchev–Trinajstić information content (AvgIpc) is 2.99. The Morgan fingerprint density at radius 1 is 0.951 bits per heavy atom. The number of halogens is 1.